The molecule has 0 N–H and O–H groups in total. The fourth-order valence-electron chi connectivity index (χ4n) is 2.70. The van der Waals surface area contributed by atoms with Crippen molar-refractivity contribution in [3.8, 4) is 0 Å². The highest BCUT2D eigenvalue weighted by atomic mass is 35.5. The highest BCUT2D eigenvalue weighted by Gasteiger charge is 2.28. The second-order valence-electron chi connectivity index (χ2n) is 4.88. The van der Waals surface area contributed by atoms with Crippen LogP contribution in [0.15, 0.2) is 30.3 Å². The zero-order valence-corrected chi connectivity index (χ0v) is 11.0. The van der Waals surface area contributed by atoms with E-state index < -0.39 is 0 Å². The second kappa shape index (κ2) is 5.43. The number of hydrogen-bond acceptors (Lipinski definition) is 2. The molecule has 18 heavy (non-hydrogen) atoms. The largest absolute Gasteiger partial charge is 0.350 e. The Labute approximate surface area is 113 Å². The molecular formula is C15H17ClO2. The normalized spacial score (nSPS) is 25.2. The molecule has 1 aliphatic heterocycles. The van der Waals surface area contributed by atoms with Gasteiger partial charge in [-0.05, 0) is 42.5 Å². The summed E-state index contributed by atoms with van der Waals surface area (Å²) < 4.78 is 11.2. The number of hydrogen-bond donors (Lipinski definition) is 0. The van der Waals surface area contributed by atoms with Gasteiger partial charge in [-0.25, -0.2) is 0 Å². The van der Waals surface area contributed by atoms with Gasteiger partial charge >= 0.3 is 0 Å². The molecule has 3 rings (SSSR count). The number of ether oxygens (including phenoxy) is 2. The monoisotopic (exact) mass is 264 g/mol. The van der Waals surface area contributed by atoms with E-state index >= 15 is 0 Å². The molecule has 0 aromatic heterocycles. The summed E-state index contributed by atoms with van der Waals surface area (Å²) >= 11 is 6.03. The number of rotatable bonds is 2. The predicted molar refractivity (Wildman–Crippen MR) is 72.5 cm³/mol. The molecule has 0 bridgehead atoms. The highest BCUT2D eigenvalue weighted by Crippen LogP contribution is 2.34. The average molecular weight is 265 g/mol. The molecule has 1 aliphatic carbocycles. The summed E-state index contributed by atoms with van der Waals surface area (Å²) in [5.74, 6) is 0.510. The fraction of sp³-hybridized carbons (Fsp3) is 0.467. The molecule has 2 nitrogen and oxygen atoms in total. The summed E-state index contributed by atoms with van der Waals surface area (Å²) in [5, 5.41) is 0.804. The minimum Gasteiger partial charge on any atom is -0.350 e. The standard InChI is InChI=1S/C15H17ClO2/c16-14-3-1-2-13(10-14)11-4-6-12(7-5-11)15-17-8-9-18-15/h1-4,10,12,15H,5-9H2. The zero-order valence-electron chi connectivity index (χ0n) is 10.3. The first-order valence-corrected chi connectivity index (χ1v) is 6.89. The molecule has 1 unspecified atom stereocenters. The summed E-state index contributed by atoms with van der Waals surface area (Å²) in [6.45, 7) is 1.48. The Balaban J connectivity index is 1.69. The molecule has 1 aromatic rings. The van der Waals surface area contributed by atoms with Crippen LogP contribution in [0.3, 0.4) is 0 Å². The Hall–Kier alpha value is -0.830. The Bertz CT molecular complexity index is 450. The maximum atomic E-state index is 6.03. The predicted octanol–water partition coefficient (Wildman–Crippen LogP) is 3.90. The summed E-state index contributed by atoms with van der Waals surface area (Å²) in [5.41, 5.74) is 2.64. The molecule has 1 heterocycles. The van der Waals surface area contributed by atoms with Gasteiger partial charge in [0.2, 0.25) is 0 Å². The van der Waals surface area contributed by atoms with Crippen molar-refractivity contribution >= 4 is 17.2 Å². The van der Waals surface area contributed by atoms with E-state index in [-0.39, 0.29) is 6.29 Å². The molecule has 0 radical (unpaired) electrons. The topological polar surface area (TPSA) is 18.5 Å². The number of allylic oxidation sites excluding steroid dienone is 2. The third-order valence-corrected chi connectivity index (χ3v) is 3.91. The molecule has 3 heteroatoms. The smallest absolute Gasteiger partial charge is 0.160 e. The molecule has 2 aliphatic rings. The van der Waals surface area contributed by atoms with Crippen molar-refractivity contribution < 1.29 is 9.47 Å². The third kappa shape index (κ3) is 2.61. The van der Waals surface area contributed by atoms with Gasteiger partial charge in [-0.15, -0.1) is 0 Å². The van der Waals surface area contributed by atoms with Gasteiger partial charge in [-0.3, -0.25) is 0 Å². The summed E-state index contributed by atoms with van der Waals surface area (Å²) in [6, 6.07) is 8.09. The van der Waals surface area contributed by atoms with Crippen molar-refractivity contribution in [3.05, 3.63) is 40.9 Å². The first-order chi connectivity index (χ1) is 8.83. The van der Waals surface area contributed by atoms with E-state index in [1.54, 1.807) is 0 Å². The molecule has 0 saturated carbocycles. The van der Waals surface area contributed by atoms with E-state index in [1.807, 2.05) is 18.2 Å². The fourth-order valence-corrected chi connectivity index (χ4v) is 2.89. The van der Waals surface area contributed by atoms with E-state index in [0.29, 0.717) is 5.92 Å². The lowest BCUT2D eigenvalue weighted by Crippen LogP contribution is -2.22. The van der Waals surface area contributed by atoms with Crippen LogP contribution in [-0.2, 0) is 9.47 Å². The van der Waals surface area contributed by atoms with Crippen LogP contribution in [-0.4, -0.2) is 19.5 Å². The van der Waals surface area contributed by atoms with Gasteiger partial charge in [0.25, 0.3) is 0 Å². The maximum Gasteiger partial charge on any atom is 0.160 e. The summed E-state index contributed by atoms with van der Waals surface area (Å²) in [4.78, 5) is 0. The highest BCUT2D eigenvalue weighted by molar-refractivity contribution is 6.30. The minimum atomic E-state index is 0.0159. The van der Waals surface area contributed by atoms with Gasteiger partial charge in [0.15, 0.2) is 6.29 Å². The Kier molecular flexibility index (Phi) is 3.69. The second-order valence-corrected chi connectivity index (χ2v) is 5.32. The molecule has 1 atom stereocenters. The quantitative estimate of drug-likeness (QED) is 0.807. The Morgan fingerprint density at radius 2 is 2.00 bits per heavy atom. The Morgan fingerprint density at radius 1 is 1.17 bits per heavy atom. The van der Waals surface area contributed by atoms with Crippen molar-refractivity contribution in [3.63, 3.8) is 0 Å². The molecule has 1 aromatic carbocycles. The van der Waals surface area contributed by atoms with E-state index in [0.717, 1.165) is 37.5 Å². The van der Waals surface area contributed by atoms with E-state index in [1.165, 1.54) is 11.1 Å². The summed E-state index contributed by atoms with van der Waals surface area (Å²) in [6.07, 6.45) is 5.57. The van der Waals surface area contributed by atoms with Crippen LogP contribution in [0.5, 0.6) is 0 Å². The zero-order chi connectivity index (χ0) is 12.4. The van der Waals surface area contributed by atoms with Crippen molar-refractivity contribution in [2.45, 2.75) is 25.6 Å². The number of benzene rings is 1. The van der Waals surface area contributed by atoms with Gasteiger partial charge in [0, 0.05) is 10.9 Å². The molecule has 96 valence electrons. The minimum absolute atomic E-state index is 0.0159. The molecule has 0 amide bonds. The van der Waals surface area contributed by atoms with Gasteiger partial charge in [0.1, 0.15) is 0 Å². The molecule has 1 saturated heterocycles. The van der Waals surface area contributed by atoms with Gasteiger partial charge in [0.05, 0.1) is 13.2 Å². The third-order valence-electron chi connectivity index (χ3n) is 3.68. The van der Waals surface area contributed by atoms with Crippen LogP contribution in [0.4, 0.5) is 0 Å². The summed E-state index contributed by atoms with van der Waals surface area (Å²) in [7, 11) is 0. The molecule has 0 spiro atoms. The van der Waals surface area contributed by atoms with Crippen LogP contribution in [0.25, 0.3) is 5.57 Å². The van der Waals surface area contributed by atoms with Crippen LogP contribution in [0.2, 0.25) is 5.02 Å². The van der Waals surface area contributed by atoms with Gasteiger partial charge in [-0.2, -0.15) is 0 Å². The van der Waals surface area contributed by atoms with Gasteiger partial charge < -0.3 is 9.47 Å². The van der Waals surface area contributed by atoms with Crippen LogP contribution >= 0.6 is 11.6 Å². The van der Waals surface area contributed by atoms with Crippen molar-refractivity contribution in [1.82, 2.24) is 0 Å². The first-order valence-electron chi connectivity index (χ1n) is 6.51. The van der Waals surface area contributed by atoms with E-state index in [2.05, 4.69) is 12.1 Å². The van der Waals surface area contributed by atoms with Crippen LogP contribution in [0, 0.1) is 5.92 Å². The van der Waals surface area contributed by atoms with Crippen LogP contribution < -0.4 is 0 Å². The van der Waals surface area contributed by atoms with E-state index in [9.17, 15) is 0 Å². The van der Waals surface area contributed by atoms with Crippen molar-refractivity contribution in [2.24, 2.45) is 5.92 Å². The lowest BCUT2D eigenvalue weighted by atomic mass is 9.86. The lowest BCUT2D eigenvalue weighted by molar-refractivity contribution is -0.0849. The lowest BCUT2D eigenvalue weighted by Gasteiger charge is -2.25. The molecular weight excluding hydrogens is 248 g/mol. The maximum absolute atomic E-state index is 6.03. The van der Waals surface area contributed by atoms with E-state index in [4.69, 9.17) is 21.1 Å². The average Bonchev–Trinajstić information content (AvgIpc) is 2.93. The SMILES string of the molecule is Clc1cccc(C2=CCC(C3OCCO3)CC2)c1. The van der Waals surface area contributed by atoms with Crippen LogP contribution in [0.1, 0.15) is 24.8 Å². The number of halogens is 1. The molecule has 1 fully saturated rings. The van der Waals surface area contributed by atoms with Gasteiger partial charge in [-0.1, -0.05) is 29.8 Å². The van der Waals surface area contributed by atoms with Crippen molar-refractivity contribution in [1.29, 1.82) is 0 Å². The Morgan fingerprint density at radius 3 is 2.67 bits per heavy atom. The van der Waals surface area contributed by atoms with Crippen molar-refractivity contribution in [2.75, 3.05) is 13.2 Å². The first kappa shape index (κ1) is 12.2.